The van der Waals surface area contributed by atoms with Crippen LogP contribution in [0.2, 0.25) is 0 Å². The molecular formula is C15H18N2S2. The van der Waals surface area contributed by atoms with Crippen LogP contribution in [0.3, 0.4) is 0 Å². The Morgan fingerprint density at radius 2 is 1.42 bits per heavy atom. The summed E-state index contributed by atoms with van der Waals surface area (Å²) >= 11 is 8.70. The van der Waals surface area contributed by atoms with Crippen LogP contribution in [0.5, 0.6) is 0 Å². The highest BCUT2D eigenvalue weighted by atomic mass is 32.1. The maximum Gasteiger partial charge on any atom is 0.130 e. The minimum absolute atomic E-state index is 0.536. The van der Waals surface area contributed by atoms with E-state index < -0.39 is 0 Å². The van der Waals surface area contributed by atoms with Gasteiger partial charge in [-0.25, -0.2) is 0 Å². The molecule has 100 valence electrons. The van der Waals surface area contributed by atoms with Gasteiger partial charge in [0, 0.05) is 13.1 Å². The summed E-state index contributed by atoms with van der Waals surface area (Å²) in [6, 6.07) is 20.1. The molecule has 0 atom stereocenters. The molecule has 0 saturated heterocycles. The monoisotopic (exact) mass is 290 g/mol. The molecule has 0 aromatic heterocycles. The largest absolute Gasteiger partial charge is 0.367 e. The second kappa shape index (κ2) is 9.55. The molecule has 0 saturated carbocycles. The first kappa shape index (κ1) is 15.7. The number of thiol groups is 1. The first-order valence-corrected chi connectivity index (χ1v) is 6.82. The van der Waals surface area contributed by atoms with Crippen LogP contribution in [-0.2, 0) is 13.1 Å². The summed E-state index contributed by atoms with van der Waals surface area (Å²) in [5.74, 6) is 0. The van der Waals surface area contributed by atoms with Gasteiger partial charge < -0.3 is 11.1 Å². The minimum atomic E-state index is 0.536. The SMILES string of the molecule is NCc1ccccc1.S=C(S)NCc1ccccc1. The van der Waals surface area contributed by atoms with E-state index >= 15 is 0 Å². The van der Waals surface area contributed by atoms with Gasteiger partial charge in [-0.1, -0.05) is 72.9 Å². The van der Waals surface area contributed by atoms with E-state index in [-0.39, 0.29) is 0 Å². The zero-order valence-electron chi connectivity index (χ0n) is 10.6. The summed E-state index contributed by atoms with van der Waals surface area (Å²) in [4.78, 5) is 0. The molecule has 0 spiro atoms. The van der Waals surface area contributed by atoms with Crippen molar-refractivity contribution < 1.29 is 0 Å². The fourth-order valence-corrected chi connectivity index (χ4v) is 1.54. The van der Waals surface area contributed by atoms with Crippen LogP contribution in [-0.4, -0.2) is 4.32 Å². The Labute approximate surface area is 125 Å². The van der Waals surface area contributed by atoms with Crippen LogP contribution in [0.25, 0.3) is 0 Å². The van der Waals surface area contributed by atoms with Crippen LogP contribution in [0.15, 0.2) is 60.7 Å². The molecule has 0 aliphatic rings. The summed E-state index contributed by atoms with van der Waals surface area (Å²) in [6.07, 6.45) is 0. The van der Waals surface area contributed by atoms with Crippen molar-refractivity contribution in [2.45, 2.75) is 13.1 Å². The van der Waals surface area contributed by atoms with E-state index in [0.29, 0.717) is 10.9 Å². The van der Waals surface area contributed by atoms with Crippen molar-refractivity contribution in [2.24, 2.45) is 5.73 Å². The summed E-state index contributed by atoms with van der Waals surface area (Å²) < 4.78 is 0.536. The van der Waals surface area contributed by atoms with E-state index in [1.54, 1.807) is 0 Å². The summed E-state index contributed by atoms with van der Waals surface area (Å²) in [7, 11) is 0. The number of hydrogen-bond donors (Lipinski definition) is 3. The second-order valence-corrected chi connectivity index (χ2v) is 4.99. The Kier molecular flexibility index (Phi) is 7.89. The third-order valence-corrected chi connectivity index (χ3v) is 2.67. The number of nitrogens with two attached hydrogens (primary N) is 1. The molecule has 0 aliphatic heterocycles. The highest BCUT2D eigenvalue weighted by molar-refractivity contribution is 8.11. The van der Waals surface area contributed by atoms with Crippen LogP contribution in [0.1, 0.15) is 11.1 Å². The van der Waals surface area contributed by atoms with Gasteiger partial charge in [0.1, 0.15) is 4.32 Å². The molecule has 2 rings (SSSR count). The van der Waals surface area contributed by atoms with Crippen molar-refractivity contribution in [3.05, 3.63) is 71.8 Å². The Balaban J connectivity index is 0.000000200. The normalized spacial score (nSPS) is 9.16. The Bertz CT molecular complexity index is 472. The lowest BCUT2D eigenvalue weighted by Crippen LogP contribution is -2.14. The molecule has 2 aromatic rings. The van der Waals surface area contributed by atoms with Gasteiger partial charge in [0.05, 0.1) is 0 Å². The molecular weight excluding hydrogens is 272 g/mol. The number of nitrogens with one attached hydrogen (secondary N) is 1. The average molecular weight is 290 g/mol. The lowest BCUT2D eigenvalue weighted by molar-refractivity contribution is 0.940. The molecule has 4 heteroatoms. The molecule has 2 aromatic carbocycles. The lowest BCUT2D eigenvalue weighted by atomic mass is 10.2. The van der Waals surface area contributed by atoms with Gasteiger partial charge >= 0.3 is 0 Å². The van der Waals surface area contributed by atoms with E-state index in [1.807, 2.05) is 60.7 Å². The van der Waals surface area contributed by atoms with Crippen LogP contribution < -0.4 is 11.1 Å². The molecule has 2 nitrogen and oxygen atoms in total. The summed E-state index contributed by atoms with van der Waals surface area (Å²) in [5.41, 5.74) is 7.75. The Morgan fingerprint density at radius 1 is 0.947 bits per heavy atom. The van der Waals surface area contributed by atoms with Gasteiger partial charge in [-0.15, -0.1) is 12.6 Å². The molecule has 0 aliphatic carbocycles. The fraction of sp³-hybridized carbons (Fsp3) is 0.133. The number of hydrogen-bond acceptors (Lipinski definition) is 2. The Morgan fingerprint density at radius 3 is 1.79 bits per heavy atom. The third kappa shape index (κ3) is 7.62. The average Bonchev–Trinajstić information content (AvgIpc) is 2.48. The van der Waals surface area contributed by atoms with Crippen molar-refractivity contribution in [1.29, 1.82) is 0 Å². The van der Waals surface area contributed by atoms with Gasteiger partial charge in [0.15, 0.2) is 0 Å². The quantitative estimate of drug-likeness (QED) is 0.600. The molecule has 0 bridgehead atoms. The van der Waals surface area contributed by atoms with E-state index in [9.17, 15) is 0 Å². The van der Waals surface area contributed by atoms with Gasteiger partial charge in [0.25, 0.3) is 0 Å². The molecule has 19 heavy (non-hydrogen) atoms. The van der Waals surface area contributed by atoms with E-state index in [2.05, 4.69) is 17.9 Å². The molecule has 0 radical (unpaired) electrons. The molecule has 3 N–H and O–H groups in total. The van der Waals surface area contributed by atoms with Crippen LogP contribution in [0.4, 0.5) is 0 Å². The van der Waals surface area contributed by atoms with Gasteiger partial charge in [0.2, 0.25) is 0 Å². The summed E-state index contributed by atoms with van der Waals surface area (Å²) in [5, 5.41) is 2.96. The van der Waals surface area contributed by atoms with E-state index in [0.717, 1.165) is 6.54 Å². The first-order valence-electron chi connectivity index (χ1n) is 5.97. The maximum atomic E-state index is 5.35. The van der Waals surface area contributed by atoms with Crippen molar-refractivity contribution in [2.75, 3.05) is 0 Å². The smallest absolute Gasteiger partial charge is 0.130 e. The molecule has 0 fully saturated rings. The third-order valence-electron chi connectivity index (χ3n) is 2.37. The van der Waals surface area contributed by atoms with Gasteiger partial charge in [-0.2, -0.15) is 0 Å². The molecule has 0 amide bonds. The fourth-order valence-electron chi connectivity index (χ4n) is 1.39. The zero-order chi connectivity index (χ0) is 13.9. The predicted molar refractivity (Wildman–Crippen MR) is 89.2 cm³/mol. The highest BCUT2D eigenvalue weighted by Crippen LogP contribution is 1.97. The topological polar surface area (TPSA) is 38.0 Å². The number of thiocarbonyl (C=S) groups is 1. The highest BCUT2D eigenvalue weighted by Gasteiger charge is 1.89. The number of rotatable bonds is 3. The van der Waals surface area contributed by atoms with Gasteiger partial charge in [-0.05, 0) is 11.1 Å². The van der Waals surface area contributed by atoms with Crippen LogP contribution >= 0.6 is 24.8 Å². The van der Waals surface area contributed by atoms with E-state index in [1.165, 1.54) is 11.1 Å². The number of benzene rings is 2. The Hall–Kier alpha value is -1.36. The van der Waals surface area contributed by atoms with E-state index in [4.69, 9.17) is 18.0 Å². The van der Waals surface area contributed by atoms with Crippen molar-refractivity contribution >= 4 is 29.2 Å². The standard InChI is InChI=1S/C8H9NS2.C7H9N/c10-8(11)9-6-7-4-2-1-3-5-7;8-6-7-4-2-1-3-5-7/h1-5H,6H2,(H2,9,10,11);1-5H,6,8H2. The lowest BCUT2D eigenvalue weighted by Gasteiger charge is -2.01. The maximum absolute atomic E-state index is 5.35. The zero-order valence-corrected chi connectivity index (χ0v) is 12.3. The van der Waals surface area contributed by atoms with Gasteiger partial charge in [-0.3, -0.25) is 0 Å². The second-order valence-electron chi connectivity index (χ2n) is 3.83. The molecule has 0 unspecified atom stereocenters. The van der Waals surface area contributed by atoms with Crippen molar-refractivity contribution in [1.82, 2.24) is 5.32 Å². The first-order chi connectivity index (χ1) is 9.22. The van der Waals surface area contributed by atoms with Crippen molar-refractivity contribution in [3.63, 3.8) is 0 Å². The van der Waals surface area contributed by atoms with Crippen molar-refractivity contribution in [3.8, 4) is 0 Å². The summed E-state index contributed by atoms with van der Waals surface area (Å²) in [6.45, 7) is 1.39. The predicted octanol–water partition coefficient (Wildman–Crippen LogP) is 3.14. The van der Waals surface area contributed by atoms with Crippen LogP contribution in [0, 0.1) is 0 Å². The minimum Gasteiger partial charge on any atom is -0.367 e. The molecule has 0 heterocycles.